The van der Waals surface area contributed by atoms with Crippen LogP contribution < -0.4 is 5.32 Å². The van der Waals surface area contributed by atoms with Gasteiger partial charge in [-0.1, -0.05) is 0 Å². The lowest BCUT2D eigenvalue weighted by Gasteiger charge is -2.31. The first kappa shape index (κ1) is 19.9. The first-order valence-electron chi connectivity index (χ1n) is 7.25. The lowest BCUT2D eigenvalue weighted by molar-refractivity contribution is 0.0600. The number of carbonyl (C=O) groups is 1. The molecule has 1 N–H and O–H groups in total. The summed E-state index contributed by atoms with van der Waals surface area (Å²) in [4.78, 5) is 11.8. The van der Waals surface area contributed by atoms with E-state index in [4.69, 9.17) is 0 Å². The number of hydrogen-bond acceptors (Lipinski definition) is 5. The Bertz CT molecular complexity index is 657. The number of nitrogens with one attached hydrogen (secondary N) is 1. The van der Waals surface area contributed by atoms with Gasteiger partial charge in [0.25, 0.3) is 0 Å². The zero-order valence-electron chi connectivity index (χ0n) is 13.5. The Labute approximate surface area is 143 Å². The van der Waals surface area contributed by atoms with Crippen molar-refractivity contribution in [2.24, 2.45) is 0 Å². The Hall–Kier alpha value is -1.15. The Balaban J connectivity index is 0.00000264. The lowest BCUT2D eigenvalue weighted by atomic mass is 10.1. The number of carbonyl (C=O) groups excluding carboxylic acids is 1. The van der Waals surface area contributed by atoms with E-state index >= 15 is 0 Å². The van der Waals surface area contributed by atoms with Gasteiger partial charge in [-0.05, 0) is 56.6 Å². The van der Waals surface area contributed by atoms with Gasteiger partial charge in [-0.3, -0.25) is 0 Å². The van der Waals surface area contributed by atoms with Crippen LogP contribution in [0.3, 0.4) is 0 Å². The topological polar surface area (TPSA) is 75.7 Å². The molecule has 1 fully saturated rings. The second kappa shape index (κ2) is 8.10. The fourth-order valence-electron chi connectivity index (χ4n) is 2.67. The summed E-state index contributed by atoms with van der Waals surface area (Å²) in [6.45, 7) is 3.35. The van der Waals surface area contributed by atoms with Gasteiger partial charge in [0.05, 0.1) is 17.6 Å². The molecular weight excluding hydrogens is 340 g/mol. The fraction of sp³-hybridized carbons (Fsp3) is 0.533. The van der Waals surface area contributed by atoms with E-state index in [0.29, 0.717) is 11.1 Å². The predicted octanol–water partition coefficient (Wildman–Crippen LogP) is 1.58. The summed E-state index contributed by atoms with van der Waals surface area (Å²) in [5.74, 6) is -0.465. The van der Waals surface area contributed by atoms with Gasteiger partial charge in [-0.15, -0.1) is 12.4 Å². The van der Waals surface area contributed by atoms with E-state index in [1.54, 1.807) is 14.0 Å². The highest BCUT2D eigenvalue weighted by molar-refractivity contribution is 7.89. The van der Waals surface area contributed by atoms with E-state index in [1.807, 2.05) is 0 Å². The normalized spacial score (nSPS) is 16.0. The molecule has 0 aliphatic carbocycles. The van der Waals surface area contributed by atoms with Crippen LogP contribution in [0.1, 0.15) is 28.8 Å². The molecule has 1 aliphatic heterocycles. The van der Waals surface area contributed by atoms with Gasteiger partial charge in [-0.2, -0.15) is 4.31 Å². The molecule has 0 radical (unpaired) electrons. The average molecular weight is 363 g/mol. The van der Waals surface area contributed by atoms with E-state index in [2.05, 4.69) is 10.1 Å². The highest BCUT2D eigenvalue weighted by atomic mass is 35.5. The third-order valence-corrected chi connectivity index (χ3v) is 6.01. The highest BCUT2D eigenvalue weighted by Crippen LogP contribution is 2.23. The van der Waals surface area contributed by atoms with Gasteiger partial charge in [0.1, 0.15) is 0 Å². The van der Waals surface area contributed by atoms with Gasteiger partial charge in [0.2, 0.25) is 10.0 Å². The van der Waals surface area contributed by atoms with Crippen molar-refractivity contribution in [3.63, 3.8) is 0 Å². The molecule has 0 unspecified atom stereocenters. The van der Waals surface area contributed by atoms with Crippen LogP contribution >= 0.6 is 12.4 Å². The Morgan fingerprint density at radius 1 is 1.30 bits per heavy atom. The van der Waals surface area contributed by atoms with E-state index in [9.17, 15) is 13.2 Å². The smallest absolute Gasteiger partial charge is 0.338 e. The van der Waals surface area contributed by atoms with E-state index in [-0.39, 0.29) is 23.3 Å². The molecule has 130 valence electrons. The number of rotatable bonds is 4. The summed E-state index contributed by atoms with van der Waals surface area (Å²) >= 11 is 0. The van der Waals surface area contributed by atoms with Gasteiger partial charge in [0.15, 0.2) is 0 Å². The number of sulfonamides is 1. The van der Waals surface area contributed by atoms with Crippen LogP contribution in [-0.2, 0) is 14.8 Å². The molecule has 2 rings (SSSR count). The Morgan fingerprint density at radius 2 is 1.91 bits per heavy atom. The van der Waals surface area contributed by atoms with Crippen molar-refractivity contribution in [2.45, 2.75) is 30.7 Å². The first-order chi connectivity index (χ1) is 10.4. The van der Waals surface area contributed by atoms with Crippen molar-refractivity contribution in [3.05, 3.63) is 29.3 Å². The number of piperidine rings is 1. The quantitative estimate of drug-likeness (QED) is 0.823. The molecule has 0 bridgehead atoms. The molecule has 0 atom stereocenters. The fourth-order valence-corrected chi connectivity index (χ4v) is 4.17. The van der Waals surface area contributed by atoms with Gasteiger partial charge in [0, 0.05) is 13.1 Å². The number of nitrogens with zero attached hydrogens (tertiary/aromatic N) is 1. The minimum atomic E-state index is -3.56. The third-order valence-electron chi connectivity index (χ3n) is 4.10. The molecule has 1 aliphatic rings. The summed E-state index contributed by atoms with van der Waals surface area (Å²) in [7, 11) is -0.634. The molecule has 1 aromatic carbocycles. The minimum absolute atomic E-state index is 0. The second-order valence-corrected chi connectivity index (χ2v) is 7.47. The molecule has 1 heterocycles. The van der Waals surface area contributed by atoms with Crippen molar-refractivity contribution in [3.8, 4) is 0 Å². The number of methoxy groups -OCH3 is 1. The molecule has 6 nitrogen and oxygen atoms in total. The molecule has 8 heteroatoms. The zero-order chi connectivity index (χ0) is 16.3. The van der Waals surface area contributed by atoms with Crippen molar-refractivity contribution < 1.29 is 17.9 Å². The molecule has 23 heavy (non-hydrogen) atoms. The Morgan fingerprint density at radius 3 is 2.43 bits per heavy atom. The van der Waals surface area contributed by atoms with Crippen molar-refractivity contribution in [1.29, 1.82) is 0 Å². The molecule has 0 aromatic heterocycles. The maximum absolute atomic E-state index is 12.7. The average Bonchev–Trinajstić information content (AvgIpc) is 2.54. The monoisotopic (exact) mass is 362 g/mol. The number of benzene rings is 1. The van der Waals surface area contributed by atoms with Gasteiger partial charge in [-0.25, -0.2) is 13.2 Å². The SMILES string of the molecule is COC(=O)c1ccc(S(=O)(=O)N(C)C2CCNCC2)cc1C.Cl. The molecule has 1 saturated heterocycles. The lowest BCUT2D eigenvalue weighted by Crippen LogP contribution is -2.43. The number of halogens is 1. The van der Waals surface area contributed by atoms with Crippen LogP contribution in [0.2, 0.25) is 0 Å². The Kier molecular flexibility index (Phi) is 7.01. The van der Waals surface area contributed by atoms with Crippen LogP contribution in [0, 0.1) is 6.92 Å². The van der Waals surface area contributed by atoms with Crippen molar-refractivity contribution >= 4 is 28.4 Å². The predicted molar refractivity (Wildman–Crippen MR) is 90.6 cm³/mol. The van der Waals surface area contributed by atoms with Crippen LogP contribution in [0.25, 0.3) is 0 Å². The summed E-state index contributed by atoms with van der Waals surface area (Å²) in [5, 5.41) is 3.22. The minimum Gasteiger partial charge on any atom is -0.465 e. The molecule has 0 saturated carbocycles. The van der Waals surface area contributed by atoms with Gasteiger partial charge >= 0.3 is 5.97 Å². The highest BCUT2D eigenvalue weighted by Gasteiger charge is 2.29. The number of aryl methyl sites for hydroxylation is 1. The zero-order valence-corrected chi connectivity index (χ0v) is 15.2. The van der Waals surface area contributed by atoms with E-state index in [1.165, 1.54) is 29.6 Å². The van der Waals surface area contributed by atoms with E-state index in [0.717, 1.165) is 25.9 Å². The van der Waals surface area contributed by atoms with Crippen molar-refractivity contribution in [1.82, 2.24) is 9.62 Å². The summed E-state index contributed by atoms with van der Waals surface area (Å²) in [6, 6.07) is 4.50. The largest absolute Gasteiger partial charge is 0.465 e. The van der Waals surface area contributed by atoms with Gasteiger partial charge < -0.3 is 10.1 Å². The maximum Gasteiger partial charge on any atom is 0.338 e. The van der Waals surface area contributed by atoms with Crippen molar-refractivity contribution in [2.75, 3.05) is 27.2 Å². The standard InChI is InChI=1S/C15H22N2O4S.ClH/c1-11-10-13(4-5-14(11)15(18)21-3)22(19,20)17(2)12-6-8-16-9-7-12;/h4-5,10,12,16H,6-9H2,1-3H3;1H. The number of esters is 1. The van der Waals surface area contributed by atoms with E-state index < -0.39 is 16.0 Å². The first-order valence-corrected chi connectivity index (χ1v) is 8.69. The summed E-state index contributed by atoms with van der Waals surface area (Å²) in [5.41, 5.74) is 0.970. The maximum atomic E-state index is 12.7. The summed E-state index contributed by atoms with van der Waals surface area (Å²) in [6.07, 6.45) is 1.60. The molecule has 1 aromatic rings. The molecule has 0 spiro atoms. The molecule has 0 amide bonds. The van der Waals surface area contributed by atoms with Crippen LogP contribution in [0.15, 0.2) is 23.1 Å². The number of hydrogen-bond donors (Lipinski definition) is 1. The number of ether oxygens (including phenoxy) is 1. The van der Waals surface area contributed by atoms with Crippen LogP contribution in [0.5, 0.6) is 0 Å². The molecular formula is C15H23ClN2O4S. The summed E-state index contributed by atoms with van der Waals surface area (Å²) < 4.78 is 31.6. The second-order valence-electron chi connectivity index (χ2n) is 5.47. The van der Waals surface area contributed by atoms with Crippen LogP contribution in [0.4, 0.5) is 0 Å². The third kappa shape index (κ3) is 4.23. The van der Waals surface area contributed by atoms with Crippen LogP contribution in [-0.4, -0.2) is 52.0 Å².